The van der Waals surface area contributed by atoms with Gasteiger partial charge in [0.1, 0.15) is 0 Å². The van der Waals surface area contributed by atoms with Crippen LogP contribution in [0.4, 0.5) is 24.7 Å². The Balaban J connectivity index is 3.28. The second kappa shape index (κ2) is 4.41. The smallest absolute Gasteiger partial charge is 0.397 e. The molecule has 1 aromatic heterocycles. The first-order valence-corrected chi connectivity index (χ1v) is 4.14. The minimum absolute atomic E-state index is 0.0776. The second-order valence-corrected chi connectivity index (χ2v) is 2.86. The average Bonchev–Trinajstić information content (AvgIpc) is 2.14. The van der Waals surface area contributed by atoms with E-state index in [1.165, 1.54) is 0 Å². The molecular weight excluding hydrogens is 245 g/mol. The number of aromatic nitrogens is 1. The summed E-state index contributed by atoms with van der Waals surface area (Å²) in [6.45, 7) is -0.237. The molecule has 10 heteroatoms. The number of nitrogens with two attached hydrogens (primary N) is 2. The van der Waals surface area contributed by atoms with Crippen LogP contribution >= 0.6 is 0 Å². The van der Waals surface area contributed by atoms with Crippen LogP contribution in [0.5, 0.6) is 5.75 Å². The largest absolute Gasteiger partial charge is 0.573 e. The Bertz CT molecular complexity index is 449. The molecule has 0 saturated carbocycles. The number of halogens is 3. The Morgan fingerprint density at radius 1 is 1.53 bits per heavy atom. The van der Waals surface area contributed by atoms with Crippen molar-refractivity contribution in [1.82, 2.24) is 4.98 Å². The van der Waals surface area contributed by atoms with Gasteiger partial charge >= 0.3 is 12.2 Å². The molecule has 0 bridgehead atoms. The van der Waals surface area contributed by atoms with Crippen molar-refractivity contribution in [3.63, 3.8) is 0 Å². The summed E-state index contributed by atoms with van der Waals surface area (Å²) in [4.78, 5) is 12.7. The Morgan fingerprint density at radius 3 is 2.53 bits per heavy atom. The Morgan fingerprint density at radius 2 is 2.12 bits per heavy atom. The highest BCUT2D eigenvalue weighted by Crippen LogP contribution is 2.32. The van der Waals surface area contributed by atoms with Crippen LogP contribution in [0.25, 0.3) is 0 Å². The fraction of sp³-hybridized carbons (Fsp3) is 0.286. The highest BCUT2D eigenvalue weighted by Gasteiger charge is 2.35. The van der Waals surface area contributed by atoms with Crippen molar-refractivity contribution >= 4 is 11.5 Å². The molecule has 94 valence electrons. The Kier molecular flexibility index (Phi) is 3.36. The van der Waals surface area contributed by atoms with E-state index in [9.17, 15) is 23.3 Å². The second-order valence-electron chi connectivity index (χ2n) is 2.86. The van der Waals surface area contributed by atoms with Gasteiger partial charge in [0.2, 0.25) is 5.75 Å². The zero-order valence-electron chi connectivity index (χ0n) is 8.19. The minimum atomic E-state index is -5.07. The summed E-state index contributed by atoms with van der Waals surface area (Å²) in [5.41, 5.74) is 10.2. The molecular formula is C7H7F3N4O3. The molecule has 1 heterocycles. The maximum atomic E-state index is 12.0. The highest BCUT2D eigenvalue weighted by molar-refractivity contribution is 5.54. The fourth-order valence-electron chi connectivity index (χ4n) is 1.03. The molecule has 0 fully saturated rings. The van der Waals surface area contributed by atoms with Gasteiger partial charge in [-0.1, -0.05) is 0 Å². The lowest BCUT2D eigenvalue weighted by Crippen LogP contribution is -2.19. The predicted octanol–water partition coefficient (Wildman–Crippen LogP) is 0.929. The molecule has 0 saturated heterocycles. The van der Waals surface area contributed by atoms with Gasteiger partial charge in [-0.15, -0.1) is 13.2 Å². The van der Waals surface area contributed by atoms with Crippen LogP contribution in [0.2, 0.25) is 0 Å². The molecule has 7 nitrogen and oxygen atoms in total. The van der Waals surface area contributed by atoms with E-state index in [2.05, 4.69) is 9.72 Å². The first-order valence-electron chi connectivity index (χ1n) is 4.14. The van der Waals surface area contributed by atoms with Gasteiger partial charge in [-0.05, 0) is 9.91 Å². The summed E-state index contributed by atoms with van der Waals surface area (Å²) in [7, 11) is 0. The van der Waals surface area contributed by atoms with Crippen molar-refractivity contribution in [2.45, 2.75) is 12.9 Å². The maximum Gasteiger partial charge on any atom is 0.573 e. The number of alkyl halides is 3. The van der Waals surface area contributed by atoms with Gasteiger partial charge in [-0.25, -0.2) is 0 Å². The third kappa shape index (κ3) is 3.17. The van der Waals surface area contributed by atoms with Crippen molar-refractivity contribution in [2.75, 3.05) is 5.73 Å². The third-order valence-corrected chi connectivity index (χ3v) is 1.67. The van der Waals surface area contributed by atoms with Crippen molar-refractivity contribution in [2.24, 2.45) is 5.73 Å². The monoisotopic (exact) mass is 252 g/mol. The molecule has 1 rings (SSSR count). The van der Waals surface area contributed by atoms with Crippen LogP contribution in [0.1, 0.15) is 5.69 Å². The molecule has 0 radical (unpaired) electrons. The standard InChI is InChI=1S/C7H7F3N4O3/c8-7(9,10)17-5-1-3(12)4(2-11)13-6(5)14(15)16/h1H,2,11-12H2. The van der Waals surface area contributed by atoms with Gasteiger partial charge in [-0.3, -0.25) is 0 Å². The van der Waals surface area contributed by atoms with Crippen LogP contribution in [-0.4, -0.2) is 16.3 Å². The fourth-order valence-corrected chi connectivity index (χ4v) is 1.03. The Labute approximate surface area is 92.3 Å². The van der Waals surface area contributed by atoms with E-state index in [4.69, 9.17) is 11.5 Å². The van der Waals surface area contributed by atoms with E-state index in [1.807, 2.05) is 0 Å². The predicted molar refractivity (Wildman–Crippen MR) is 49.9 cm³/mol. The van der Waals surface area contributed by atoms with Gasteiger partial charge in [0.05, 0.1) is 12.2 Å². The number of nitro groups is 1. The van der Waals surface area contributed by atoms with Crippen LogP contribution in [0.15, 0.2) is 6.07 Å². The van der Waals surface area contributed by atoms with Crippen molar-refractivity contribution in [3.8, 4) is 5.75 Å². The topological polar surface area (TPSA) is 117 Å². The lowest BCUT2D eigenvalue weighted by atomic mass is 10.3. The van der Waals surface area contributed by atoms with E-state index in [0.717, 1.165) is 0 Å². The summed E-state index contributed by atoms with van der Waals surface area (Å²) >= 11 is 0. The number of ether oxygens (including phenoxy) is 1. The summed E-state index contributed by atoms with van der Waals surface area (Å²) in [6, 6.07) is 0.667. The van der Waals surface area contributed by atoms with Crippen LogP contribution in [-0.2, 0) is 6.54 Å². The van der Waals surface area contributed by atoms with Crippen molar-refractivity contribution in [3.05, 3.63) is 21.9 Å². The lowest BCUT2D eigenvalue weighted by Gasteiger charge is -2.09. The third-order valence-electron chi connectivity index (χ3n) is 1.67. The lowest BCUT2D eigenvalue weighted by molar-refractivity contribution is -0.393. The minimum Gasteiger partial charge on any atom is -0.397 e. The number of hydrogen-bond donors (Lipinski definition) is 2. The molecule has 1 aromatic rings. The van der Waals surface area contributed by atoms with E-state index in [-0.39, 0.29) is 17.9 Å². The number of rotatable bonds is 3. The molecule has 0 atom stereocenters. The highest BCUT2D eigenvalue weighted by atomic mass is 19.4. The van der Waals surface area contributed by atoms with Gasteiger partial charge in [0, 0.05) is 6.07 Å². The van der Waals surface area contributed by atoms with Gasteiger partial charge < -0.3 is 26.3 Å². The van der Waals surface area contributed by atoms with Crippen LogP contribution in [0.3, 0.4) is 0 Å². The summed E-state index contributed by atoms with van der Waals surface area (Å²) in [5, 5.41) is 10.5. The van der Waals surface area contributed by atoms with Crippen LogP contribution in [0, 0.1) is 10.1 Å². The maximum absolute atomic E-state index is 12.0. The summed E-state index contributed by atoms with van der Waals surface area (Å²) in [6.07, 6.45) is -5.07. The number of hydrogen-bond acceptors (Lipinski definition) is 6. The summed E-state index contributed by atoms with van der Waals surface area (Å²) < 4.78 is 39.3. The molecule has 0 aliphatic heterocycles. The van der Waals surface area contributed by atoms with Crippen molar-refractivity contribution < 1.29 is 22.8 Å². The zero-order chi connectivity index (χ0) is 13.2. The molecule has 4 N–H and O–H groups in total. The molecule has 0 aliphatic rings. The Hall–Kier alpha value is -2.10. The van der Waals surface area contributed by atoms with E-state index < -0.39 is 22.9 Å². The normalized spacial score (nSPS) is 11.3. The molecule has 0 aliphatic carbocycles. The average molecular weight is 252 g/mol. The quantitative estimate of drug-likeness (QED) is 0.610. The molecule has 0 amide bonds. The zero-order valence-corrected chi connectivity index (χ0v) is 8.19. The molecule has 0 aromatic carbocycles. The van der Waals surface area contributed by atoms with Gasteiger partial charge in [0.25, 0.3) is 0 Å². The number of nitrogens with zero attached hydrogens (tertiary/aromatic N) is 2. The first-order chi connectivity index (χ1) is 7.74. The van der Waals surface area contributed by atoms with Crippen LogP contribution < -0.4 is 16.2 Å². The van der Waals surface area contributed by atoms with Crippen molar-refractivity contribution in [1.29, 1.82) is 0 Å². The SMILES string of the molecule is NCc1nc([N+](=O)[O-])c(OC(F)(F)F)cc1N. The van der Waals surface area contributed by atoms with Gasteiger partial charge in [0.15, 0.2) is 5.69 Å². The van der Waals surface area contributed by atoms with Gasteiger partial charge in [-0.2, -0.15) is 0 Å². The van der Waals surface area contributed by atoms with E-state index in [0.29, 0.717) is 6.07 Å². The number of anilines is 1. The number of nitrogen functional groups attached to an aromatic ring is 1. The first kappa shape index (κ1) is 13.0. The van der Waals surface area contributed by atoms with E-state index in [1.54, 1.807) is 0 Å². The molecule has 0 unspecified atom stereocenters. The summed E-state index contributed by atoms with van der Waals surface area (Å²) in [5.74, 6) is -2.16. The number of pyridine rings is 1. The molecule has 0 spiro atoms. The molecule has 17 heavy (non-hydrogen) atoms. The van der Waals surface area contributed by atoms with E-state index >= 15 is 0 Å².